The van der Waals surface area contributed by atoms with Gasteiger partial charge in [0.25, 0.3) is 0 Å². The Morgan fingerprint density at radius 3 is 2.47 bits per heavy atom. The minimum absolute atomic E-state index is 0.410. The molecule has 2 aromatic rings. The van der Waals surface area contributed by atoms with Crippen LogP contribution >= 0.6 is 11.8 Å². The van der Waals surface area contributed by atoms with Gasteiger partial charge in [-0.3, -0.25) is 9.59 Å². The Kier molecular flexibility index (Phi) is 6.75. The molecule has 7 heteroatoms. The van der Waals surface area contributed by atoms with Crippen molar-refractivity contribution >= 4 is 22.8 Å². The molecule has 0 saturated heterocycles. The van der Waals surface area contributed by atoms with Crippen molar-refractivity contribution in [3.8, 4) is 17.6 Å². The van der Waals surface area contributed by atoms with Crippen molar-refractivity contribution in [3.05, 3.63) is 72.1 Å². The molecule has 0 amide bonds. The molecule has 0 heterocycles. The van der Waals surface area contributed by atoms with Crippen LogP contribution in [0.2, 0.25) is 0 Å². The van der Waals surface area contributed by atoms with E-state index in [-0.39, 0.29) is 0 Å². The molecular formula is C25H24FNO4S. The van der Waals surface area contributed by atoms with Crippen molar-refractivity contribution < 1.29 is 23.8 Å². The van der Waals surface area contributed by atoms with E-state index in [2.05, 4.69) is 6.07 Å². The number of rotatable bonds is 8. The van der Waals surface area contributed by atoms with Crippen LogP contribution in [0.5, 0.6) is 11.5 Å². The van der Waals surface area contributed by atoms with Crippen LogP contribution in [-0.2, 0) is 9.59 Å². The molecule has 1 fully saturated rings. The number of carbonyl (C=O) groups is 2. The van der Waals surface area contributed by atoms with E-state index < -0.39 is 39.6 Å². The minimum Gasteiger partial charge on any atom is -0.481 e. The van der Waals surface area contributed by atoms with Crippen molar-refractivity contribution in [3.63, 3.8) is 0 Å². The van der Waals surface area contributed by atoms with E-state index in [9.17, 15) is 24.3 Å². The van der Waals surface area contributed by atoms with Gasteiger partial charge in [-0.2, -0.15) is 5.26 Å². The van der Waals surface area contributed by atoms with E-state index in [0.717, 1.165) is 17.8 Å². The molecule has 1 N–H and O–H groups in total. The third kappa shape index (κ3) is 4.03. The number of hydrogen-bond donors (Lipinski definition) is 1. The molecule has 0 aromatic heterocycles. The summed E-state index contributed by atoms with van der Waals surface area (Å²) in [6, 6.07) is 17.9. The zero-order valence-corrected chi connectivity index (χ0v) is 18.9. The fraction of sp³-hybridized carbons (Fsp3) is 0.320. The second kappa shape index (κ2) is 9.17. The molecule has 1 aliphatic rings. The first-order valence-corrected chi connectivity index (χ1v) is 11.2. The van der Waals surface area contributed by atoms with Gasteiger partial charge < -0.3 is 9.84 Å². The van der Waals surface area contributed by atoms with Gasteiger partial charge in [0, 0.05) is 5.92 Å². The molecule has 0 bridgehead atoms. The van der Waals surface area contributed by atoms with Crippen LogP contribution in [0, 0.1) is 28.1 Å². The van der Waals surface area contributed by atoms with Gasteiger partial charge in [0.05, 0.1) is 12.0 Å². The molecule has 166 valence electrons. The number of para-hydroxylation sites is 1. The fourth-order valence-electron chi connectivity index (χ4n) is 4.50. The Labute approximate surface area is 190 Å². The van der Waals surface area contributed by atoms with E-state index in [4.69, 9.17) is 4.74 Å². The van der Waals surface area contributed by atoms with Gasteiger partial charge in [0.1, 0.15) is 16.9 Å². The maximum Gasteiger partial charge on any atom is 0.312 e. The molecule has 5 nitrogen and oxygen atoms in total. The zero-order chi connectivity index (χ0) is 23.5. The number of halogens is 1. The maximum absolute atomic E-state index is 14.5. The number of carboxylic acids is 1. The lowest BCUT2D eigenvalue weighted by Crippen LogP contribution is -2.28. The molecule has 3 atom stereocenters. The van der Waals surface area contributed by atoms with Crippen LogP contribution < -0.4 is 4.74 Å². The van der Waals surface area contributed by atoms with Crippen LogP contribution in [-0.4, -0.2) is 21.9 Å². The third-order valence-electron chi connectivity index (χ3n) is 6.14. The topological polar surface area (TPSA) is 87.4 Å². The zero-order valence-electron chi connectivity index (χ0n) is 18.0. The van der Waals surface area contributed by atoms with E-state index in [0.29, 0.717) is 22.8 Å². The summed E-state index contributed by atoms with van der Waals surface area (Å²) in [5, 5.41) is 19.5. The Morgan fingerprint density at radius 2 is 1.88 bits per heavy atom. The minimum atomic E-state index is -1.58. The lowest BCUT2D eigenvalue weighted by molar-refractivity contribution is -0.145. The standard InChI is InChI=1S/C25H24FNO4S/c1-4-32-22(28)20(26)14-21-24(2,3)25(21,23(29)30)19(15-27)16-9-8-12-18(13-16)31-17-10-6-5-7-11-17/h5-14,19,21H,4H2,1-3H3,(H,29,30)/t19?,21-,25+/m0/s1. The second-order valence-corrected chi connectivity index (χ2v) is 9.40. The monoisotopic (exact) mass is 453 g/mol. The number of carboxylic acid groups (broad SMARTS) is 1. The largest absolute Gasteiger partial charge is 0.481 e. The Morgan fingerprint density at radius 1 is 1.22 bits per heavy atom. The van der Waals surface area contributed by atoms with E-state index >= 15 is 0 Å². The lowest BCUT2D eigenvalue weighted by atomic mass is 9.78. The smallest absolute Gasteiger partial charge is 0.312 e. The summed E-state index contributed by atoms with van der Waals surface area (Å²) >= 11 is 0.820. The highest BCUT2D eigenvalue weighted by molar-refractivity contribution is 8.14. The SMILES string of the molecule is CCSC(=O)C(F)=C[C@H]1C(C)(C)[C@]1(C(=O)O)C(C#N)c1cccc(Oc2ccccc2)c1. The number of allylic oxidation sites excluding steroid dienone is 1. The quantitative estimate of drug-likeness (QED) is 0.497. The van der Waals surface area contributed by atoms with Gasteiger partial charge in [-0.15, -0.1) is 0 Å². The number of hydrogen-bond acceptors (Lipinski definition) is 5. The Bertz CT molecular complexity index is 1090. The molecule has 3 rings (SSSR count). The second-order valence-electron chi connectivity index (χ2n) is 8.16. The highest BCUT2D eigenvalue weighted by atomic mass is 32.2. The average molecular weight is 454 g/mol. The first kappa shape index (κ1) is 23.6. The summed E-state index contributed by atoms with van der Waals surface area (Å²) in [7, 11) is 0. The number of aliphatic carboxylic acids is 1. The van der Waals surface area contributed by atoms with Crippen molar-refractivity contribution in [2.24, 2.45) is 16.7 Å². The maximum atomic E-state index is 14.5. The van der Waals surface area contributed by atoms with Crippen molar-refractivity contribution in [2.75, 3.05) is 5.75 Å². The van der Waals surface area contributed by atoms with Crippen molar-refractivity contribution in [1.82, 2.24) is 0 Å². The van der Waals surface area contributed by atoms with Crippen LogP contribution in [0.15, 0.2) is 66.5 Å². The third-order valence-corrected chi connectivity index (χ3v) is 6.89. The molecule has 1 aliphatic carbocycles. The number of nitrogens with zero attached hydrogens (tertiary/aromatic N) is 1. The molecule has 1 saturated carbocycles. The number of nitriles is 1. The van der Waals surface area contributed by atoms with Crippen LogP contribution in [0.3, 0.4) is 0 Å². The van der Waals surface area contributed by atoms with Crippen molar-refractivity contribution in [2.45, 2.75) is 26.7 Å². The summed E-state index contributed by atoms with van der Waals surface area (Å²) in [6.07, 6.45) is 1.08. The van der Waals surface area contributed by atoms with Crippen molar-refractivity contribution in [1.29, 1.82) is 5.26 Å². The molecular weight excluding hydrogens is 429 g/mol. The van der Waals surface area contributed by atoms with Gasteiger partial charge in [0.15, 0.2) is 5.83 Å². The van der Waals surface area contributed by atoms with E-state index in [1.165, 1.54) is 0 Å². The summed E-state index contributed by atoms with van der Waals surface area (Å²) < 4.78 is 20.3. The fourth-order valence-corrected chi connectivity index (χ4v) is 4.97. The number of benzene rings is 2. The molecule has 0 aliphatic heterocycles. The highest BCUT2D eigenvalue weighted by Crippen LogP contribution is 2.75. The number of thioether (sulfide) groups is 1. The molecule has 32 heavy (non-hydrogen) atoms. The van der Waals surface area contributed by atoms with Gasteiger partial charge in [0.2, 0.25) is 5.12 Å². The van der Waals surface area contributed by atoms with E-state index in [1.807, 2.05) is 18.2 Å². The molecule has 2 aromatic carbocycles. The van der Waals surface area contributed by atoms with Gasteiger partial charge in [-0.25, -0.2) is 4.39 Å². The summed E-state index contributed by atoms with van der Waals surface area (Å²) in [6.45, 7) is 5.10. The van der Waals surface area contributed by atoms with Gasteiger partial charge in [-0.1, -0.05) is 62.9 Å². The van der Waals surface area contributed by atoms with Crippen LogP contribution in [0.1, 0.15) is 32.3 Å². The molecule has 0 radical (unpaired) electrons. The number of ether oxygens (including phenoxy) is 1. The Hall–Kier alpha value is -3.11. The summed E-state index contributed by atoms with van der Waals surface area (Å²) in [5.74, 6) is -2.60. The predicted octanol–water partition coefficient (Wildman–Crippen LogP) is 5.95. The van der Waals surface area contributed by atoms with Crippen LogP contribution in [0.25, 0.3) is 0 Å². The highest BCUT2D eigenvalue weighted by Gasteiger charge is 2.78. The summed E-state index contributed by atoms with van der Waals surface area (Å²) in [4.78, 5) is 24.4. The molecule has 1 unspecified atom stereocenters. The van der Waals surface area contributed by atoms with Crippen LogP contribution in [0.4, 0.5) is 4.39 Å². The van der Waals surface area contributed by atoms with Gasteiger partial charge >= 0.3 is 5.97 Å². The first-order valence-electron chi connectivity index (χ1n) is 10.2. The summed E-state index contributed by atoms with van der Waals surface area (Å²) in [5.41, 5.74) is -2.06. The average Bonchev–Trinajstić information content (AvgIpc) is 3.25. The number of carbonyl (C=O) groups excluding carboxylic acids is 1. The molecule has 0 spiro atoms. The van der Waals surface area contributed by atoms with E-state index in [1.54, 1.807) is 57.2 Å². The Balaban J connectivity index is 1.99. The predicted molar refractivity (Wildman–Crippen MR) is 121 cm³/mol. The van der Waals surface area contributed by atoms with Gasteiger partial charge in [-0.05, 0) is 47.1 Å². The normalized spacial score (nSPS) is 22.5. The first-order chi connectivity index (χ1) is 15.2. The lowest BCUT2D eigenvalue weighted by Gasteiger charge is -2.22.